The maximum atomic E-state index is 12.9. The summed E-state index contributed by atoms with van der Waals surface area (Å²) in [5, 5.41) is 5.53. The Hall–Kier alpha value is -3.81. The number of carbonyl (C=O) groups is 3. The van der Waals surface area contributed by atoms with Gasteiger partial charge < -0.3 is 19.7 Å². The molecule has 0 radical (unpaired) electrons. The predicted molar refractivity (Wildman–Crippen MR) is 141 cm³/mol. The van der Waals surface area contributed by atoms with E-state index in [2.05, 4.69) is 10.6 Å². The van der Waals surface area contributed by atoms with Gasteiger partial charge in [-0.2, -0.15) is 0 Å². The lowest BCUT2D eigenvalue weighted by Gasteiger charge is -2.26. The summed E-state index contributed by atoms with van der Waals surface area (Å²) in [6.07, 6.45) is 1.85. The van der Waals surface area contributed by atoms with Crippen molar-refractivity contribution in [1.29, 1.82) is 0 Å². The minimum Gasteiger partial charge on any atom is -0.449 e. The lowest BCUT2D eigenvalue weighted by Crippen LogP contribution is -2.35. The second kappa shape index (κ2) is 11.7. The number of rotatable bonds is 6. The van der Waals surface area contributed by atoms with Gasteiger partial charge in [-0.3, -0.25) is 10.1 Å². The topological polar surface area (TPSA) is 97.0 Å². The molecule has 0 unspecified atom stereocenters. The summed E-state index contributed by atoms with van der Waals surface area (Å²) in [7, 11) is 0. The maximum absolute atomic E-state index is 12.9. The van der Waals surface area contributed by atoms with Crippen LogP contribution in [0.15, 0.2) is 54.6 Å². The van der Waals surface area contributed by atoms with Crippen LogP contribution < -0.4 is 10.6 Å². The molecule has 0 bridgehead atoms. The zero-order chi connectivity index (χ0) is 26.3. The van der Waals surface area contributed by atoms with E-state index in [0.29, 0.717) is 49.0 Å². The highest BCUT2D eigenvalue weighted by Gasteiger charge is 2.20. The fourth-order valence-electron chi connectivity index (χ4n) is 3.57. The van der Waals surface area contributed by atoms with Crippen LogP contribution in [-0.4, -0.2) is 48.3 Å². The van der Waals surface area contributed by atoms with E-state index in [-0.39, 0.29) is 12.0 Å². The van der Waals surface area contributed by atoms with Crippen LogP contribution in [-0.2, 0) is 9.47 Å². The van der Waals surface area contributed by atoms with E-state index in [1.54, 1.807) is 62.1 Å². The molecule has 0 aromatic heterocycles. The first-order chi connectivity index (χ1) is 17.0. The number of hydrogen-bond donors (Lipinski definition) is 2. The van der Waals surface area contributed by atoms with Crippen LogP contribution in [0.25, 0.3) is 5.57 Å². The van der Waals surface area contributed by atoms with Crippen molar-refractivity contribution in [3.8, 4) is 0 Å². The first-order valence-electron chi connectivity index (χ1n) is 12.1. The van der Waals surface area contributed by atoms with Crippen molar-refractivity contribution in [2.45, 2.75) is 46.6 Å². The second-order valence-electron chi connectivity index (χ2n) is 10.1. The van der Waals surface area contributed by atoms with E-state index in [0.717, 1.165) is 11.1 Å². The Kier molecular flexibility index (Phi) is 8.74. The number of nitrogens with zero attached hydrogens (tertiary/aromatic N) is 1. The Bertz CT molecular complexity index is 1120. The quantitative estimate of drug-likeness (QED) is 0.502. The number of para-hydroxylation sites is 2. The molecule has 1 aliphatic heterocycles. The Balaban J connectivity index is 1.61. The van der Waals surface area contributed by atoms with E-state index in [4.69, 9.17) is 9.47 Å². The third-order valence-electron chi connectivity index (χ3n) is 5.34. The number of ether oxygens (including phenoxy) is 2. The minimum absolute atomic E-state index is 0.285. The molecule has 0 spiro atoms. The van der Waals surface area contributed by atoms with Gasteiger partial charge in [0.05, 0.1) is 18.0 Å². The van der Waals surface area contributed by atoms with Gasteiger partial charge in [-0.05, 0) is 68.5 Å². The van der Waals surface area contributed by atoms with Crippen LogP contribution in [0.1, 0.15) is 57.0 Å². The van der Waals surface area contributed by atoms with Crippen molar-refractivity contribution in [3.05, 3.63) is 65.7 Å². The molecule has 2 N–H and O–H groups in total. The Morgan fingerprint density at radius 2 is 1.61 bits per heavy atom. The predicted octanol–water partition coefficient (Wildman–Crippen LogP) is 6.17. The molecule has 8 nitrogen and oxygen atoms in total. The normalized spacial score (nSPS) is 13.6. The fraction of sp³-hybridized carbons (Fsp3) is 0.393. The van der Waals surface area contributed by atoms with Crippen LogP contribution >= 0.6 is 0 Å². The molecular weight excluding hydrogens is 458 g/mol. The van der Waals surface area contributed by atoms with Gasteiger partial charge in [-0.1, -0.05) is 44.2 Å². The lowest BCUT2D eigenvalue weighted by atomic mass is 9.98. The molecule has 0 atom stereocenters. The molecule has 2 aromatic rings. The second-order valence-corrected chi connectivity index (χ2v) is 10.1. The summed E-state index contributed by atoms with van der Waals surface area (Å²) in [6.45, 7) is 10.9. The summed E-state index contributed by atoms with van der Waals surface area (Å²) in [5.41, 5.74) is 2.90. The third kappa shape index (κ3) is 7.86. The van der Waals surface area contributed by atoms with Crippen LogP contribution in [0.2, 0.25) is 0 Å². The molecule has 192 valence electrons. The van der Waals surface area contributed by atoms with Gasteiger partial charge in [0.15, 0.2) is 0 Å². The number of hydrogen-bond acceptors (Lipinski definition) is 5. The molecule has 3 amide bonds. The summed E-state index contributed by atoms with van der Waals surface area (Å²) >= 11 is 0. The minimum atomic E-state index is -0.632. The smallest absolute Gasteiger partial charge is 0.412 e. The van der Waals surface area contributed by atoms with E-state index >= 15 is 0 Å². The van der Waals surface area contributed by atoms with Gasteiger partial charge in [0.2, 0.25) is 0 Å². The molecule has 0 fully saturated rings. The van der Waals surface area contributed by atoms with Gasteiger partial charge in [-0.25, -0.2) is 9.59 Å². The van der Waals surface area contributed by atoms with Gasteiger partial charge in [0, 0.05) is 18.7 Å². The summed E-state index contributed by atoms with van der Waals surface area (Å²) < 4.78 is 10.6. The molecule has 0 saturated carbocycles. The first-order valence-corrected chi connectivity index (χ1v) is 12.1. The first kappa shape index (κ1) is 26.8. The summed E-state index contributed by atoms with van der Waals surface area (Å²) in [5.74, 6) is 0.00645. The van der Waals surface area contributed by atoms with E-state index in [1.807, 2.05) is 32.1 Å². The van der Waals surface area contributed by atoms with Gasteiger partial charge in [0.1, 0.15) is 5.60 Å². The van der Waals surface area contributed by atoms with E-state index in [1.165, 1.54) is 0 Å². The van der Waals surface area contributed by atoms with Crippen LogP contribution in [0.5, 0.6) is 0 Å². The molecule has 2 aromatic carbocycles. The molecular formula is C28H35N3O5. The molecule has 0 aliphatic carbocycles. The zero-order valence-corrected chi connectivity index (χ0v) is 21.6. The summed E-state index contributed by atoms with van der Waals surface area (Å²) in [4.78, 5) is 38.9. The SMILES string of the molecule is CC(C)COC(=O)N1CC=C(c2ccc(C(=O)Nc3ccccc3NC(=O)OC(C)(C)C)cc2)CC1. The third-order valence-corrected chi connectivity index (χ3v) is 5.34. The highest BCUT2D eigenvalue weighted by Crippen LogP contribution is 2.25. The standard InChI is InChI=1S/C28H35N3O5/c1-19(2)18-35-27(34)31-16-14-21(15-17-31)20-10-12-22(13-11-20)25(32)29-23-8-6-7-9-24(23)30-26(33)36-28(3,4)5/h6-14,19H,15-18H2,1-5H3,(H,29,32)(H,30,33). The van der Waals surface area contributed by atoms with Gasteiger partial charge in [0.25, 0.3) is 5.91 Å². The van der Waals surface area contributed by atoms with Gasteiger partial charge in [-0.15, -0.1) is 0 Å². The lowest BCUT2D eigenvalue weighted by molar-refractivity contribution is 0.0635. The van der Waals surface area contributed by atoms with Crippen molar-refractivity contribution in [1.82, 2.24) is 4.90 Å². The zero-order valence-electron chi connectivity index (χ0n) is 21.6. The highest BCUT2D eigenvalue weighted by atomic mass is 16.6. The number of nitrogens with one attached hydrogen (secondary N) is 2. The Morgan fingerprint density at radius 1 is 0.972 bits per heavy atom. The number of anilines is 2. The molecule has 1 aliphatic rings. The molecule has 0 saturated heterocycles. The monoisotopic (exact) mass is 493 g/mol. The molecule has 36 heavy (non-hydrogen) atoms. The maximum Gasteiger partial charge on any atom is 0.412 e. The van der Waals surface area contributed by atoms with Crippen molar-refractivity contribution >= 4 is 35.0 Å². The Labute approximate surface area is 212 Å². The van der Waals surface area contributed by atoms with Crippen LogP contribution in [0.4, 0.5) is 21.0 Å². The van der Waals surface area contributed by atoms with Crippen molar-refractivity contribution in [3.63, 3.8) is 0 Å². The largest absolute Gasteiger partial charge is 0.449 e. The van der Waals surface area contributed by atoms with Crippen LogP contribution in [0, 0.1) is 5.92 Å². The average molecular weight is 494 g/mol. The Morgan fingerprint density at radius 3 is 2.17 bits per heavy atom. The summed E-state index contributed by atoms with van der Waals surface area (Å²) in [6, 6.07) is 14.3. The number of benzene rings is 2. The van der Waals surface area contributed by atoms with Crippen molar-refractivity contribution in [2.75, 3.05) is 30.3 Å². The van der Waals surface area contributed by atoms with Crippen molar-refractivity contribution < 1.29 is 23.9 Å². The highest BCUT2D eigenvalue weighted by molar-refractivity contribution is 6.07. The van der Waals surface area contributed by atoms with Crippen LogP contribution in [0.3, 0.4) is 0 Å². The molecule has 8 heteroatoms. The van der Waals surface area contributed by atoms with E-state index < -0.39 is 11.7 Å². The number of amides is 3. The average Bonchev–Trinajstić information content (AvgIpc) is 2.82. The van der Waals surface area contributed by atoms with E-state index in [9.17, 15) is 14.4 Å². The molecule has 3 rings (SSSR count). The number of carbonyl (C=O) groups excluding carboxylic acids is 3. The van der Waals surface area contributed by atoms with Gasteiger partial charge >= 0.3 is 12.2 Å². The van der Waals surface area contributed by atoms with Crippen molar-refractivity contribution in [2.24, 2.45) is 5.92 Å². The fourth-order valence-corrected chi connectivity index (χ4v) is 3.57. The molecule has 1 heterocycles.